The number of esters is 4. The van der Waals surface area contributed by atoms with Crippen molar-refractivity contribution in [3.05, 3.63) is 48.0 Å². The van der Waals surface area contributed by atoms with Crippen molar-refractivity contribution in [1.29, 1.82) is 0 Å². The highest BCUT2D eigenvalue weighted by molar-refractivity contribution is 5.88. The minimum absolute atomic E-state index is 0.119. The highest BCUT2D eigenvalue weighted by Gasteiger charge is 2.45. The number of carbonyl (C=O) groups excluding carboxylic acids is 4. The third-order valence-electron chi connectivity index (χ3n) is 3.53. The fraction of sp³-hybridized carbons (Fsp3) is 0.333. The second-order valence-corrected chi connectivity index (χ2v) is 5.69. The number of hydrogen-bond acceptors (Lipinski definition) is 8. The molecule has 0 aliphatic carbocycles. The monoisotopic (exact) mass is 362 g/mol. The zero-order valence-corrected chi connectivity index (χ0v) is 14.2. The van der Waals surface area contributed by atoms with Crippen LogP contribution in [0.3, 0.4) is 0 Å². The normalized spacial score (nSPS) is 18.6. The van der Waals surface area contributed by atoms with Crippen LogP contribution < -0.4 is 0 Å². The van der Waals surface area contributed by atoms with E-state index in [-0.39, 0.29) is 18.6 Å². The Balaban J connectivity index is 1.90. The second-order valence-electron chi connectivity index (χ2n) is 5.69. The van der Waals surface area contributed by atoms with Gasteiger partial charge in [-0.1, -0.05) is 36.9 Å². The van der Waals surface area contributed by atoms with Gasteiger partial charge in [0.25, 0.3) is 0 Å². The molecule has 0 radical (unpaired) electrons. The summed E-state index contributed by atoms with van der Waals surface area (Å²) in [7, 11) is 0. The van der Waals surface area contributed by atoms with E-state index in [1.165, 1.54) is 6.92 Å². The zero-order chi connectivity index (χ0) is 19.2. The van der Waals surface area contributed by atoms with Crippen molar-refractivity contribution < 1.29 is 38.1 Å². The third-order valence-corrected chi connectivity index (χ3v) is 3.53. The topological polar surface area (TPSA) is 105 Å². The van der Waals surface area contributed by atoms with Crippen LogP contribution in [-0.4, -0.2) is 43.7 Å². The van der Waals surface area contributed by atoms with E-state index >= 15 is 0 Å². The molecule has 1 saturated heterocycles. The minimum atomic E-state index is -1.26. The highest BCUT2D eigenvalue weighted by atomic mass is 16.6. The quantitative estimate of drug-likeness (QED) is 0.402. The van der Waals surface area contributed by atoms with Gasteiger partial charge in [-0.25, -0.2) is 14.4 Å². The molecular formula is C18H18O8. The lowest BCUT2D eigenvalue weighted by Crippen LogP contribution is -2.35. The number of benzene rings is 1. The summed E-state index contributed by atoms with van der Waals surface area (Å²) >= 11 is 0. The van der Waals surface area contributed by atoms with Crippen LogP contribution in [0, 0.1) is 0 Å². The van der Waals surface area contributed by atoms with Gasteiger partial charge in [-0.3, -0.25) is 4.79 Å². The second kappa shape index (κ2) is 8.28. The molecule has 8 heteroatoms. The van der Waals surface area contributed by atoms with Crippen LogP contribution >= 0.6 is 0 Å². The van der Waals surface area contributed by atoms with Gasteiger partial charge in [0.1, 0.15) is 6.61 Å². The molecule has 0 spiro atoms. The summed E-state index contributed by atoms with van der Waals surface area (Å²) in [6, 6.07) is 8.68. The third kappa shape index (κ3) is 4.92. The molecular weight excluding hydrogens is 344 g/mol. The zero-order valence-electron chi connectivity index (χ0n) is 14.2. The number of rotatable bonds is 7. The van der Waals surface area contributed by atoms with E-state index in [4.69, 9.17) is 14.2 Å². The molecule has 0 bridgehead atoms. The predicted molar refractivity (Wildman–Crippen MR) is 86.5 cm³/mol. The first kappa shape index (κ1) is 19.2. The fourth-order valence-electron chi connectivity index (χ4n) is 2.26. The van der Waals surface area contributed by atoms with Gasteiger partial charge in [0, 0.05) is 5.57 Å². The number of ether oxygens (including phenoxy) is 4. The summed E-state index contributed by atoms with van der Waals surface area (Å²) < 4.78 is 19.6. The lowest BCUT2D eigenvalue weighted by molar-refractivity contribution is -0.173. The lowest BCUT2D eigenvalue weighted by atomic mass is 9.92. The van der Waals surface area contributed by atoms with Gasteiger partial charge >= 0.3 is 23.9 Å². The molecule has 1 aromatic carbocycles. The average molecular weight is 362 g/mol. The number of hydrogen-bond donors (Lipinski definition) is 0. The van der Waals surface area contributed by atoms with Crippen molar-refractivity contribution >= 4 is 23.9 Å². The van der Waals surface area contributed by atoms with E-state index in [0.29, 0.717) is 5.56 Å². The maximum atomic E-state index is 12.0. The van der Waals surface area contributed by atoms with Crippen LogP contribution in [0.1, 0.15) is 18.9 Å². The van der Waals surface area contributed by atoms with Gasteiger partial charge < -0.3 is 18.9 Å². The number of cyclic esters (lactones) is 1. The van der Waals surface area contributed by atoms with Crippen LogP contribution in [0.2, 0.25) is 0 Å². The largest absolute Gasteiger partial charge is 0.461 e. The Morgan fingerprint density at radius 3 is 2.35 bits per heavy atom. The molecule has 0 aromatic heterocycles. The minimum Gasteiger partial charge on any atom is -0.461 e. The van der Waals surface area contributed by atoms with E-state index < -0.39 is 42.7 Å². The summed E-state index contributed by atoms with van der Waals surface area (Å²) in [6.45, 7) is 3.34. The first-order chi connectivity index (χ1) is 12.3. The van der Waals surface area contributed by atoms with Gasteiger partial charge in [0.15, 0.2) is 18.8 Å². The molecule has 1 fully saturated rings. The molecule has 0 N–H and O–H groups in total. The van der Waals surface area contributed by atoms with Crippen molar-refractivity contribution in [2.75, 3.05) is 19.8 Å². The molecule has 138 valence electrons. The molecule has 1 atom stereocenters. The molecule has 1 aliphatic heterocycles. The van der Waals surface area contributed by atoms with Crippen molar-refractivity contribution in [3.8, 4) is 0 Å². The van der Waals surface area contributed by atoms with Crippen LogP contribution in [0.25, 0.3) is 0 Å². The van der Waals surface area contributed by atoms with E-state index in [1.807, 2.05) is 0 Å². The van der Waals surface area contributed by atoms with Gasteiger partial charge in [0.05, 0.1) is 6.42 Å². The maximum absolute atomic E-state index is 12.0. The summed E-state index contributed by atoms with van der Waals surface area (Å²) in [5.74, 6) is -3.00. The summed E-state index contributed by atoms with van der Waals surface area (Å²) in [5.41, 5.74) is -0.525. The molecule has 2 rings (SSSR count). The average Bonchev–Trinajstić information content (AvgIpc) is 3.00. The Morgan fingerprint density at radius 2 is 1.77 bits per heavy atom. The maximum Gasteiger partial charge on any atom is 0.345 e. The smallest absolute Gasteiger partial charge is 0.345 e. The Morgan fingerprint density at radius 1 is 1.12 bits per heavy atom. The molecule has 1 heterocycles. The van der Waals surface area contributed by atoms with E-state index in [1.54, 1.807) is 30.3 Å². The van der Waals surface area contributed by atoms with Gasteiger partial charge in [-0.2, -0.15) is 0 Å². The molecule has 0 saturated carbocycles. The molecule has 0 amide bonds. The first-order valence-electron chi connectivity index (χ1n) is 7.74. The summed E-state index contributed by atoms with van der Waals surface area (Å²) in [6.07, 6.45) is -0.132. The molecule has 8 nitrogen and oxygen atoms in total. The Kier molecular flexibility index (Phi) is 6.11. The number of carbonyl (C=O) groups is 4. The SMILES string of the molecule is C=C(C)C(=O)OCC(=O)OCC(=O)OC1(c2ccccc2)COC(=O)C1. The molecule has 1 aliphatic rings. The first-order valence-corrected chi connectivity index (χ1v) is 7.74. The Hall–Kier alpha value is -3.16. The molecule has 1 unspecified atom stereocenters. The van der Waals surface area contributed by atoms with Gasteiger partial charge in [-0.15, -0.1) is 0 Å². The lowest BCUT2D eigenvalue weighted by Gasteiger charge is -2.26. The molecule has 1 aromatic rings. The fourth-order valence-corrected chi connectivity index (χ4v) is 2.26. The van der Waals surface area contributed by atoms with E-state index in [9.17, 15) is 19.2 Å². The van der Waals surface area contributed by atoms with Crippen molar-refractivity contribution in [2.45, 2.75) is 18.9 Å². The Bertz CT molecular complexity index is 724. The highest BCUT2D eigenvalue weighted by Crippen LogP contribution is 2.35. The van der Waals surface area contributed by atoms with Gasteiger partial charge in [0.2, 0.25) is 0 Å². The summed E-state index contributed by atoms with van der Waals surface area (Å²) in [4.78, 5) is 46.3. The van der Waals surface area contributed by atoms with E-state index in [2.05, 4.69) is 11.3 Å². The van der Waals surface area contributed by atoms with Crippen LogP contribution in [0.15, 0.2) is 42.5 Å². The predicted octanol–water partition coefficient (Wildman–Crippen LogP) is 1.03. The standard InChI is InChI=1S/C18H18O8/c1-12(2)17(22)24-9-15(20)23-10-16(21)26-18(8-14(19)25-11-18)13-6-4-3-5-7-13/h3-7H,1,8-11H2,2H3. The van der Waals surface area contributed by atoms with Crippen molar-refractivity contribution in [3.63, 3.8) is 0 Å². The Labute approximate surface area is 149 Å². The van der Waals surface area contributed by atoms with Crippen LogP contribution in [0.5, 0.6) is 0 Å². The van der Waals surface area contributed by atoms with Gasteiger partial charge in [-0.05, 0) is 12.5 Å². The summed E-state index contributed by atoms with van der Waals surface area (Å²) in [5, 5.41) is 0. The van der Waals surface area contributed by atoms with Crippen LogP contribution in [-0.2, 0) is 43.7 Å². The van der Waals surface area contributed by atoms with Crippen LogP contribution in [0.4, 0.5) is 0 Å². The van der Waals surface area contributed by atoms with Crippen molar-refractivity contribution in [1.82, 2.24) is 0 Å². The van der Waals surface area contributed by atoms with E-state index in [0.717, 1.165) is 0 Å². The molecule has 26 heavy (non-hydrogen) atoms. The van der Waals surface area contributed by atoms with Crippen molar-refractivity contribution in [2.24, 2.45) is 0 Å².